The largest absolute Gasteiger partial charge is 0.368 e. The molecular weight excluding hydrogens is 282 g/mol. The van der Waals surface area contributed by atoms with Crippen molar-refractivity contribution in [3.63, 3.8) is 0 Å². The van der Waals surface area contributed by atoms with Gasteiger partial charge in [-0.25, -0.2) is 0 Å². The zero-order chi connectivity index (χ0) is 16.1. The first kappa shape index (κ1) is 16.4. The van der Waals surface area contributed by atoms with Gasteiger partial charge in [-0.1, -0.05) is 6.42 Å². The van der Waals surface area contributed by atoms with Crippen LogP contribution in [-0.2, 0) is 11.3 Å². The second-order valence-corrected chi connectivity index (χ2v) is 5.79. The molecule has 1 saturated heterocycles. The predicted molar refractivity (Wildman–Crippen MR) is 85.3 cm³/mol. The number of hydrogen-bond acceptors (Lipinski definition) is 7. The summed E-state index contributed by atoms with van der Waals surface area (Å²) in [5.41, 5.74) is 5.67. The van der Waals surface area contributed by atoms with Crippen molar-refractivity contribution in [2.75, 3.05) is 37.8 Å². The maximum Gasteiger partial charge on any atom is 0.237 e. The minimum absolute atomic E-state index is 0.00714. The van der Waals surface area contributed by atoms with Crippen LogP contribution in [0.25, 0.3) is 0 Å². The van der Waals surface area contributed by atoms with E-state index in [9.17, 15) is 4.79 Å². The lowest BCUT2D eigenvalue weighted by molar-refractivity contribution is -0.126. The molecule has 2 heterocycles. The zero-order valence-electron chi connectivity index (χ0n) is 13.5. The van der Waals surface area contributed by atoms with Crippen LogP contribution in [0.3, 0.4) is 0 Å². The molecule has 1 aromatic rings. The quantitative estimate of drug-likeness (QED) is 0.790. The van der Waals surface area contributed by atoms with E-state index in [0.29, 0.717) is 11.8 Å². The van der Waals surface area contributed by atoms with Gasteiger partial charge in [-0.15, -0.1) is 0 Å². The standard InChI is InChI=1S/C14H25N7O/c1-10(21-7-5-4-6-8-21)12(22)16-9-11-17-13(15)19-14(18-11)20(2)3/h10H,4-9H2,1-3H3,(H,16,22)(H2,15,17,18,19)/t10-/m1/s1. The van der Waals surface area contributed by atoms with Gasteiger partial charge in [0.15, 0.2) is 5.82 Å². The highest BCUT2D eigenvalue weighted by atomic mass is 16.2. The Morgan fingerprint density at radius 3 is 2.59 bits per heavy atom. The normalized spacial score (nSPS) is 17.0. The number of likely N-dealkylation sites (tertiary alicyclic amines) is 1. The van der Waals surface area contributed by atoms with Crippen LogP contribution >= 0.6 is 0 Å². The Bertz CT molecular complexity index is 514. The maximum atomic E-state index is 12.3. The maximum absolute atomic E-state index is 12.3. The molecule has 1 atom stereocenters. The molecule has 1 aromatic heterocycles. The Morgan fingerprint density at radius 2 is 1.95 bits per heavy atom. The number of aromatic nitrogens is 3. The number of carbonyl (C=O) groups excluding carboxylic acids is 1. The lowest BCUT2D eigenvalue weighted by Crippen LogP contribution is -2.47. The lowest BCUT2D eigenvalue weighted by Gasteiger charge is -2.31. The third-order valence-electron chi connectivity index (χ3n) is 3.83. The molecule has 0 spiro atoms. The van der Waals surface area contributed by atoms with Crippen molar-refractivity contribution in [2.45, 2.75) is 38.8 Å². The molecule has 1 fully saturated rings. The smallest absolute Gasteiger partial charge is 0.237 e. The minimum Gasteiger partial charge on any atom is -0.368 e. The topological polar surface area (TPSA) is 100 Å². The van der Waals surface area contributed by atoms with E-state index in [0.717, 1.165) is 25.9 Å². The molecule has 122 valence electrons. The van der Waals surface area contributed by atoms with Gasteiger partial charge in [0.25, 0.3) is 0 Å². The van der Waals surface area contributed by atoms with E-state index >= 15 is 0 Å². The summed E-state index contributed by atoms with van der Waals surface area (Å²) in [6.07, 6.45) is 3.57. The number of hydrogen-bond donors (Lipinski definition) is 2. The highest BCUT2D eigenvalue weighted by molar-refractivity contribution is 5.81. The molecule has 22 heavy (non-hydrogen) atoms. The van der Waals surface area contributed by atoms with Crippen LogP contribution < -0.4 is 16.0 Å². The van der Waals surface area contributed by atoms with Crippen LogP contribution in [0.15, 0.2) is 0 Å². The highest BCUT2D eigenvalue weighted by Crippen LogP contribution is 2.12. The van der Waals surface area contributed by atoms with E-state index in [2.05, 4.69) is 25.2 Å². The number of carbonyl (C=O) groups is 1. The number of rotatable bonds is 5. The Hall–Kier alpha value is -1.96. The number of amides is 1. The van der Waals surface area contributed by atoms with Crippen LogP contribution in [0.5, 0.6) is 0 Å². The summed E-state index contributed by atoms with van der Waals surface area (Å²) in [6.45, 7) is 4.16. The van der Waals surface area contributed by atoms with Crippen molar-refractivity contribution in [1.82, 2.24) is 25.2 Å². The van der Waals surface area contributed by atoms with Gasteiger partial charge in [-0.2, -0.15) is 15.0 Å². The van der Waals surface area contributed by atoms with Crippen molar-refractivity contribution >= 4 is 17.8 Å². The SMILES string of the molecule is C[C@H](C(=O)NCc1nc(N)nc(N(C)C)n1)N1CCCCC1. The molecule has 0 bridgehead atoms. The fourth-order valence-corrected chi connectivity index (χ4v) is 2.49. The predicted octanol–water partition coefficient (Wildman–Crippen LogP) is 0.0104. The Labute approximate surface area is 131 Å². The van der Waals surface area contributed by atoms with Crippen LogP contribution in [0, 0.1) is 0 Å². The molecule has 1 amide bonds. The number of piperidine rings is 1. The highest BCUT2D eigenvalue weighted by Gasteiger charge is 2.22. The lowest BCUT2D eigenvalue weighted by atomic mass is 10.1. The average Bonchev–Trinajstić information content (AvgIpc) is 2.52. The van der Waals surface area contributed by atoms with Gasteiger partial charge < -0.3 is 16.0 Å². The second-order valence-electron chi connectivity index (χ2n) is 5.79. The van der Waals surface area contributed by atoms with Crippen molar-refractivity contribution in [1.29, 1.82) is 0 Å². The Balaban J connectivity index is 1.92. The monoisotopic (exact) mass is 307 g/mol. The fourth-order valence-electron chi connectivity index (χ4n) is 2.49. The third-order valence-corrected chi connectivity index (χ3v) is 3.83. The van der Waals surface area contributed by atoms with E-state index in [1.807, 2.05) is 21.0 Å². The number of anilines is 2. The van der Waals surface area contributed by atoms with E-state index in [1.165, 1.54) is 6.42 Å². The van der Waals surface area contributed by atoms with E-state index < -0.39 is 0 Å². The number of nitrogens with two attached hydrogens (primary N) is 1. The van der Waals surface area contributed by atoms with Gasteiger partial charge in [-0.3, -0.25) is 9.69 Å². The van der Waals surface area contributed by atoms with Crippen molar-refractivity contribution < 1.29 is 4.79 Å². The molecule has 0 aliphatic carbocycles. The summed E-state index contributed by atoms with van der Waals surface area (Å²) < 4.78 is 0. The van der Waals surface area contributed by atoms with Gasteiger partial charge in [0.05, 0.1) is 12.6 Å². The molecular formula is C14H25N7O. The Morgan fingerprint density at radius 1 is 1.27 bits per heavy atom. The van der Waals surface area contributed by atoms with Crippen LogP contribution in [0.2, 0.25) is 0 Å². The second kappa shape index (κ2) is 7.35. The van der Waals surface area contributed by atoms with Crippen molar-refractivity contribution in [2.24, 2.45) is 0 Å². The summed E-state index contributed by atoms with van der Waals surface area (Å²) in [7, 11) is 3.66. The first-order valence-corrected chi connectivity index (χ1v) is 7.67. The Kier molecular flexibility index (Phi) is 5.48. The zero-order valence-corrected chi connectivity index (χ0v) is 13.5. The van der Waals surface area contributed by atoms with Crippen molar-refractivity contribution in [3.05, 3.63) is 5.82 Å². The van der Waals surface area contributed by atoms with Gasteiger partial charge in [0, 0.05) is 14.1 Å². The first-order valence-electron chi connectivity index (χ1n) is 7.67. The van der Waals surface area contributed by atoms with Crippen LogP contribution in [0.4, 0.5) is 11.9 Å². The fraction of sp³-hybridized carbons (Fsp3) is 0.714. The summed E-state index contributed by atoms with van der Waals surface area (Å²) in [6, 6.07) is -0.132. The number of nitrogen functional groups attached to an aromatic ring is 1. The molecule has 1 aliphatic rings. The number of nitrogens with one attached hydrogen (secondary N) is 1. The van der Waals surface area contributed by atoms with Gasteiger partial charge >= 0.3 is 0 Å². The summed E-state index contributed by atoms with van der Waals surface area (Å²) in [5.74, 6) is 1.11. The molecule has 1 aliphatic heterocycles. The van der Waals surface area contributed by atoms with Crippen molar-refractivity contribution in [3.8, 4) is 0 Å². The van der Waals surface area contributed by atoms with Gasteiger partial charge in [-0.05, 0) is 32.9 Å². The minimum atomic E-state index is -0.132. The summed E-state index contributed by atoms with van der Waals surface area (Å²) in [4.78, 5) is 28.6. The summed E-state index contributed by atoms with van der Waals surface area (Å²) >= 11 is 0. The molecule has 0 aromatic carbocycles. The number of nitrogens with zero attached hydrogens (tertiary/aromatic N) is 5. The van der Waals surface area contributed by atoms with Crippen LogP contribution in [0.1, 0.15) is 32.0 Å². The molecule has 8 nitrogen and oxygen atoms in total. The van der Waals surface area contributed by atoms with Gasteiger partial charge in [0.2, 0.25) is 17.8 Å². The first-order chi connectivity index (χ1) is 10.5. The molecule has 2 rings (SSSR count). The van der Waals surface area contributed by atoms with E-state index in [4.69, 9.17) is 5.73 Å². The van der Waals surface area contributed by atoms with Gasteiger partial charge in [0.1, 0.15) is 0 Å². The average molecular weight is 307 g/mol. The molecule has 0 saturated carbocycles. The molecule has 3 N–H and O–H groups in total. The van der Waals surface area contributed by atoms with E-state index in [-0.39, 0.29) is 24.4 Å². The third kappa shape index (κ3) is 4.27. The van der Waals surface area contributed by atoms with Crippen LogP contribution in [-0.4, -0.2) is 59.0 Å². The molecule has 0 unspecified atom stereocenters. The summed E-state index contributed by atoms with van der Waals surface area (Å²) in [5, 5.41) is 2.88. The molecule has 8 heteroatoms. The van der Waals surface area contributed by atoms with E-state index in [1.54, 1.807) is 4.90 Å². The molecule has 0 radical (unpaired) electrons.